The van der Waals surface area contributed by atoms with Gasteiger partial charge in [-0.1, -0.05) is 22.0 Å². The molecule has 1 aromatic carbocycles. The Balaban J connectivity index is 1.91. The number of aryl methyl sites for hydroxylation is 1. The summed E-state index contributed by atoms with van der Waals surface area (Å²) in [5.41, 5.74) is 2.71. The molecule has 4 heteroatoms. The van der Waals surface area contributed by atoms with Gasteiger partial charge < -0.3 is 9.80 Å². The predicted octanol–water partition coefficient (Wildman–Crippen LogP) is 2.80. The normalized spacial score (nSPS) is 23.4. The molecule has 3 nitrogen and oxygen atoms in total. The number of urea groups is 1. The highest BCUT2D eigenvalue weighted by atomic mass is 79.9. The third-order valence-electron chi connectivity index (χ3n) is 3.78. The molecule has 0 bridgehead atoms. The third-order valence-corrected chi connectivity index (χ3v) is 4.27. The fourth-order valence-corrected chi connectivity index (χ4v) is 3.25. The Morgan fingerprint density at radius 3 is 2.88 bits per heavy atom. The molecule has 17 heavy (non-hydrogen) atoms. The molecule has 1 heterocycles. The maximum Gasteiger partial charge on any atom is 0.320 e. The van der Waals surface area contributed by atoms with Crippen LogP contribution in [-0.4, -0.2) is 36.0 Å². The number of carbonyl (C=O) groups is 1. The number of rotatable bonds is 1. The molecule has 2 aliphatic rings. The average molecular weight is 295 g/mol. The fourth-order valence-electron chi connectivity index (χ4n) is 2.84. The van der Waals surface area contributed by atoms with Gasteiger partial charge >= 0.3 is 6.03 Å². The van der Waals surface area contributed by atoms with Crippen LogP contribution in [0.2, 0.25) is 0 Å². The number of halogens is 1. The van der Waals surface area contributed by atoms with Gasteiger partial charge in [0.05, 0.1) is 6.04 Å². The van der Waals surface area contributed by atoms with Crippen LogP contribution in [0.3, 0.4) is 0 Å². The fraction of sp³-hybridized carbons (Fsp3) is 0.462. The summed E-state index contributed by atoms with van der Waals surface area (Å²) in [6.07, 6.45) is 2.14. The molecular weight excluding hydrogens is 280 g/mol. The van der Waals surface area contributed by atoms with Crippen molar-refractivity contribution in [3.8, 4) is 0 Å². The van der Waals surface area contributed by atoms with E-state index in [2.05, 4.69) is 34.1 Å². The minimum Gasteiger partial charge on any atom is -0.326 e. The van der Waals surface area contributed by atoms with Crippen molar-refractivity contribution in [3.63, 3.8) is 0 Å². The van der Waals surface area contributed by atoms with Crippen LogP contribution in [0.25, 0.3) is 0 Å². The van der Waals surface area contributed by atoms with Crippen LogP contribution < -0.4 is 0 Å². The Hall–Kier alpha value is -1.03. The molecule has 1 aromatic rings. The minimum absolute atomic E-state index is 0.172. The summed E-state index contributed by atoms with van der Waals surface area (Å²) >= 11 is 3.50. The Labute approximate surface area is 110 Å². The maximum absolute atomic E-state index is 12.0. The Morgan fingerprint density at radius 1 is 1.35 bits per heavy atom. The van der Waals surface area contributed by atoms with Gasteiger partial charge in [-0.2, -0.15) is 0 Å². The molecule has 1 saturated heterocycles. The molecule has 1 fully saturated rings. The average Bonchev–Trinajstić information content (AvgIpc) is 2.84. The first-order chi connectivity index (χ1) is 8.16. The van der Waals surface area contributed by atoms with Gasteiger partial charge in [0.15, 0.2) is 0 Å². The lowest BCUT2D eigenvalue weighted by atomic mass is 10.1. The van der Waals surface area contributed by atoms with Crippen molar-refractivity contribution in [1.82, 2.24) is 9.80 Å². The van der Waals surface area contributed by atoms with Crippen LogP contribution >= 0.6 is 15.9 Å². The molecule has 1 atom stereocenters. The lowest BCUT2D eigenvalue weighted by molar-refractivity contribution is 0.182. The predicted molar refractivity (Wildman–Crippen MR) is 69.9 cm³/mol. The first-order valence-corrected chi connectivity index (χ1v) is 6.76. The number of hydrogen-bond donors (Lipinski definition) is 0. The van der Waals surface area contributed by atoms with Gasteiger partial charge in [0, 0.05) is 24.6 Å². The highest BCUT2D eigenvalue weighted by Gasteiger charge is 2.35. The number of carbonyl (C=O) groups excluding carboxylic acids is 1. The van der Waals surface area contributed by atoms with Gasteiger partial charge in [0.25, 0.3) is 0 Å². The summed E-state index contributed by atoms with van der Waals surface area (Å²) in [5, 5.41) is 0. The van der Waals surface area contributed by atoms with Crippen molar-refractivity contribution in [1.29, 1.82) is 0 Å². The number of fused-ring (bicyclic) bond motifs is 1. The first-order valence-electron chi connectivity index (χ1n) is 5.97. The van der Waals surface area contributed by atoms with E-state index < -0.39 is 0 Å². The number of likely N-dealkylation sites (N-methyl/N-ethyl adjacent to an activating group) is 1. The van der Waals surface area contributed by atoms with E-state index in [-0.39, 0.29) is 12.1 Å². The Bertz CT molecular complexity index is 474. The molecule has 0 spiro atoms. The SMILES string of the molecule is CN1CCN(C2CCc3cc(Br)ccc32)C1=O. The summed E-state index contributed by atoms with van der Waals surface area (Å²) in [5.74, 6) is 0. The van der Waals surface area contributed by atoms with Crippen LogP contribution in [0.15, 0.2) is 22.7 Å². The van der Waals surface area contributed by atoms with E-state index in [0.29, 0.717) is 0 Å². The highest BCUT2D eigenvalue weighted by molar-refractivity contribution is 9.10. The second-order valence-corrected chi connectivity index (χ2v) is 5.71. The van der Waals surface area contributed by atoms with Crippen LogP contribution in [0, 0.1) is 0 Å². The van der Waals surface area contributed by atoms with Crippen molar-refractivity contribution in [2.45, 2.75) is 18.9 Å². The molecule has 3 rings (SSSR count). The van der Waals surface area contributed by atoms with Gasteiger partial charge in [-0.05, 0) is 36.1 Å². The Kier molecular flexibility index (Phi) is 2.62. The quantitative estimate of drug-likeness (QED) is 0.781. The van der Waals surface area contributed by atoms with E-state index in [0.717, 1.165) is 30.4 Å². The van der Waals surface area contributed by atoms with Gasteiger partial charge in [-0.15, -0.1) is 0 Å². The van der Waals surface area contributed by atoms with E-state index >= 15 is 0 Å². The van der Waals surface area contributed by atoms with Crippen LogP contribution in [0.1, 0.15) is 23.6 Å². The van der Waals surface area contributed by atoms with Crippen molar-refractivity contribution in [2.75, 3.05) is 20.1 Å². The zero-order chi connectivity index (χ0) is 12.0. The molecule has 0 aromatic heterocycles. The molecule has 0 saturated carbocycles. The zero-order valence-corrected chi connectivity index (χ0v) is 11.4. The molecule has 1 aliphatic carbocycles. The molecule has 1 unspecified atom stereocenters. The Morgan fingerprint density at radius 2 is 2.18 bits per heavy atom. The van der Waals surface area contributed by atoms with E-state index in [1.807, 2.05) is 11.9 Å². The molecule has 0 N–H and O–H groups in total. The lowest BCUT2D eigenvalue weighted by Crippen LogP contribution is -2.32. The largest absolute Gasteiger partial charge is 0.326 e. The minimum atomic E-state index is 0.172. The number of hydrogen-bond acceptors (Lipinski definition) is 1. The second kappa shape index (κ2) is 4.02. The van der Waals surface area contributed by atoms with Crippen LogP contribution in [-0.2, 0) is 6.42 Å². The van der Waals surface area contributed by atoms with Gasteiger partial charge in [-0.3, -0.25) is 0 Å². The smallest absolute Gasteiger partial charge is 0.320 e. The van der Waals surface area contributed by atoms with E-state index in [4.69, 9.17) is 0 Å². The number of amides is 2. The molecule has 90 valence electrons. The van der Waals surface area contributed by atoms with Crippen molar-refractivity contribution >= 4 is 22.0 Å². The number of benzene rings is 1. The topological polar surface area (TPSA) is 23.6 Å². The zero-order valence-electron chi connectivity index (χ0n) is 9.82. The summed E-state index contributed by atoms with van der Waals surface area (Å²) in [4.78, 5) is 15.8. The first kappa shape index (κ1) is 11.1. The van der Waals surface area contributed by atoms with E-state index in [1.54, 1.807) is 4.90 Å². The second-order valence-electron chi connectivity index (χ2n) is 4.80. The highest BCUT2D eigenvalue weighted by Crippen LogP contribution is 2.38. The van der Waals surface area contributed by atoms with Crippen LogP contribution in [0.4, 0.5) is 4.79 Å². The molecule has 2 amide bonds. The van der Waals surface area contributed by atoms with Gasteiger partial charge in [-0.25, -0.2) is 4.79 Å². The lowest BCUT2D eigenvalue weighted by Gasteiger charge is -2.24. The standard InChI is InChI=1S/C13H15BrN2O/c1-15-6-7-16(13(15)17)12-5-2-9-8-10(14)3-4-11(9)12/h3-4,8,12H,2,5-7H2,1H3. The summed E-state index contributed by atoms with van der Waals surface area (Å²) < 4.78 is 1.13. The van der Waals surface area contributed by atoms with Crippen molar-refractivity contribution in [2.24, 2.45) is 0 Å². The van der Waals surface area contributed by atoms with E-state index in [1.165, 1.54) is 11.1 Å². The summed E-state index contributed by atoms with van der Waals surface area (Å²) in [6.45, 7) is 1.71. The monoisotopic (exact) mass is 294 g/mol. The molecule has 0 radical (unpaired) electrons. The molecular formula is C13H15BrN2O. The van der Waals surface area contributed by atoms with Crippen LogP contribution in [0.5, 0.6) is 0 Å². The van der Waals surface area contributed by atoms with Crippen molar-refractivity contribution in [3.05, 3.63) is 33.8 Å². The summed E-state index contributed by atoms with van der Waals surface area (Å²) in [7, 11) is 1.87. The third kappa shape index (κ3) is 1.75. The maximum atomic E-state index is 12.0. The van der Waals surface area contributed by atoms with E-state index in [9.17, 15) is 4.79 Å². The summed E-state index contributed by atoms with van der Waals surface area (Å²) in [6, 6.07) is 6.87. The number of nitrogens with zero attached hydrogens (tertiary/aromatic N) is 2. The van der Waals surface area contributed by atoms with Crippen molar-refractivity contribution < 1.29 is 4.79 Å². The molecule has 1 aliphatic heterocycles. The van der Waals surface area contributed by atoms with Gasteiger partial charge in [0.1, 0.15) is 0 Å². The van der Waals surface area contributed by atoms with Gasteiger partial charge in [0.2, 0.25) is 0 Å².